The van der Waals surface area contributed by atoms with Crippen LogP contribution in [-0.4, -0.2) is 39.9 Å². The smallest absolute Gasteiger partial charge is 0.185 e. The molecule has 1 rings (SSSR count). The Bertz CT molecular complexity index is 119. The van der Waals surface area contributed by atoms with Crippen LogP contribution in [0.1, 0.15) is 25.7 Å². The van der Waals surface area contributed by atoms with E-state index in [1.807, 2.05) is 0 Å². The van der Waals surface area contributed by atoms with E-state index < -0.39 is 0 Å². The molecule has 62 valence electrons. The Labute approximate surface area is 71.6 Å². The molecule has 0 radical (unpaired) electrons. The fourth-order valence-corrected chi connectivity index (χ4v) is 2.07. The van der Waals surface area contributed by atoms with Crippen molar-refractivity contribution in [1.82, 2.24) is 10.0 Å². The average Bonchev–Trinajstić information content (AvgIpc) is 2.04. The molecule has 0 saturated heterocycles. The molecule has 11 heavy (non-hydrogen) atoms. The van der Waals surface area contributed by atoms with E-state index in [-0.39, 0.29) is 0 Å². The largest absolute Gasteiger partial charge is 0.358 e. The Kier molecular flexibility index (Phi) is 3.46. The molecular formula is C7H18B2N2. The van der Waals surface area contributed by atoms with Crippen molar-refractivity contribution < 1.29 is 0 Å². The molecule has 1 N–H and O–H groups in total. The minimum atomic E-state index is 0.721. The monoisotopic (exact) mass is 152 g/mol. The summed E-state index contributed by atoms with van der Waals surface area (Å²) in [4.78, 5) is 2.35. The van der Waals surface area contributed by atoms with Crippen molar-refractivity contribution in [3.05, 3.63) is 0 Å². The van der Waals surface area contributed by atoms with Crippen LogP contribution < -0.4 is 5.23 Å². The van der Waals surface area contributed by atoms with Gasteiger partial charge in [0.2, 0.25) is 0 Å². The lowest BCUT2D eigenvalue weighted by Gasteiger charge is -2.36. The molecule has 0 aliphatic heterocycles. The second-order valence-corrected chi connectivity index (χ2v) is 3.71. The molecule has 2 unspecified atom stereocenters. The molecule has 0 bridgehead atoms. The summed E-state index contributed by atoms with van der Waals surface area (Å²) >= 11 is 0. The van der Waals surface area contributed by atoms with Crippen molar-refractivity contribution >= 4 is 16.0 Å². The van der Waals surface area contributed by atoms with Crippen molar-refractivity contribution in [3.63, 3.8) is 0 Å². The summed E-state index contributed by atoms with van der Waals surface area (Å²) in [6.45, 7) is 0. The van der Waals surface area contributed by atoms with Crippen LogP contribution in [0.5, 0.6) is 0 Å². The highest BCUT2D eigenvalue weighted by molar-refractivity contribution is 6.05. The van der Waals surface area contributed by atoms with E-state index in [4.69, 9.17) is 0 Å². The molecule has 2 nitrogen and oxygen atoms in total. The van der Waals surface area contributed by atoms with E-state index >= 15 is 0 Å². The highest BCUT2D eigenvalue weighted by atomic mass is 15.1. The summed E-state index contributed by atoms with van der Waals surface area (Å²) in [5.41, 5.74) is 0. The molecule has 0 spiro atoms. The van der Waals surface area contributed by atoms with Gasteiger partial charge < -0.3 is 10.0 Å². The van der Waals surface area contributed by atoms with E-state index in [1.54, 1.807) is 0 Å². The molecule has 2 atom stereocenters. The summed E-state index contributed by atoms with van der Waals surface area (Å²) in [6.07, 6.45) is 5.51. The second-order valence-electron chi connectivity index (χ2n) is 3.71. The highest BCUT2D eigenvalue weighted by Gasteiger charge is 2.24. The second kappa shape index (κ2) is 4.17. The summed E-state index contributed by atoms with van der Waals surface area (Å²) in [5, 5.41) is 3.39. The zero-order chi connectivity index (χ0) is 8.27. The van der Waals surface area contributed by atoms with Crippen molar-refractivity contribution in [2.45, 2.75) is 37.8 Å². The maximum Gasteiger partial charge on any atom is 0.185 e. The highest BCUT2D eigenvalue weighted by Crippen LogP contribution is 2.20. The molecule has 1 fully saturated rings. The van der Waals surface area contributed by atoms with E-state index in [1.165, 1.54) is 25.7 Å². The Morgan fingerprint density at radius 1 is 1.36 bits per heavy atom. The minimum absolute atomic E-state index is 0.721. The van der Waals surface area contributed by atoms with E-state index in [2.05, 4.69) is 33.0 Å². The summed E-state index contributed by atoms with van der Waals surface area (Å²) in [7, 11) is 6.44. The van der Waals surface area contributed by atoms with Gasteiger partial charge in [0.15, 0.2) is 16.0 Å². The number of nitrogens with one attached hydrogen (secondary N) is 1. The van der Waals surface area contributed by atoms with Gasteiger partial charge in [-0.3, -0.25) is 0 Å². The van der Waals surface area contributed by atoms with Gasteiger partial charge in [0, 0.05) is 12.1 Å². The predicted molar refractivity (Wildman–Crippen MR) is 54.0 cm³/mol. The molecule has 0 aromatic carbocycles. The van der Waals surface area contributed by atoms with Crippen LogP contribution in [0, 0.1) is 0 Å². The average molecular weight is 152 g/mol. The zero-order valence-electron chi connectivity index (χ0n) is 7.93. The first kappa shape index (κ1) is 9.14. The number of hydrogen-bond donors (Lipinski definition) is 1. The van der Waals surface area contributed by atoms with Crippen LogP contribution in [0.2, 0.25) is 0 Å². The summed E-state index contributed by atoms with van der Waals surface area (Å²) in [6, 6.07) is 1.48. The molecule has 4 heteroatoms. The lowest BCUT2D eigenvalue weighted by molar-refractivity contribution is 0.248. The van der Waals surface area contributed by atoms with E-state index in [0.717, 1.165) is 12.1 Å². The van der Waals surface area contributed by atoms with Gasteiger partial charge in [0.25, 0.3) is 0 Å². The van der Waals surface area contributed by atoms with Crippen molar-refractivity contribution in [3.8, 4) is 0 Å². The van der Waals surface area contributed by atoms with Crippen molar-refractivity contribution in [2.24, 2.45) is 0 Å². The Morgan fingerprint density at radius 2 is 2.00 bits per heavy atom. The Balaban J connectivity index is 2.44. The minimum Gasteiger partial charge on any atom is -0.358 e. The van der Waals surface area contributed by atoms with Gasteiger partial charge in [-0.1, -0.05) is 12.8 Å². The van der Waals surface area contributed by atoms with Gasteiger partial charge in [0.1, 0.15) is 0 Å². The number of nitrogens with zero attached hydrogens (tertiary/aromatic N) is 1. The molecule has 1 aliphatic carbocycles. The molecule has 1 saturated carbocycles. The van der Waals surface area contributed by atoms with Crippen LogP contribution in [0.15, 0.2) is 0 Å². The number of hydrogen-bond acceptors (Lipinski definition) is 2. The fourth-order valence-electron chi connectivity index (χ4n) is 2.07. The lowest BCUT2D eigenvalue weighted by atomic mass is 9.87. The quantitative estimate of drug-likeness (QED) is 0.506. The van der Waals surface area contributed by atoms with Crippen LogP contribution in [0.4, 0.5) is 0 Å². The predicted octanol–water partition coefficient (Wildman–Crippen LogP) is -1.08. The Hall–Kier alpha value is 0.0499. The van der Waals surface area contributed by atoms with Gasteiger partial charge in [-0.25, -0.2) is 0 Å². The zero-order valence-corrected chi connectivity index (χ0v) is 7.93. The third-order valence-corrected chi connectivity index (χ3v) is 2.76. The third kappa shape index (κ3) is 2.24. The maximum absolute atomic E-state index is 3.39. The van der Waals surface area contributed by atoms with Gasteiger partial charge in [-0.2, -0.15) is 0 Å². The molecule has 0 aromatic heterocycles. The van der Waals surface area contributed by atoms with Crippen LogP contribution in [0.25, 0.3) is 0 Å². The van der Waals surface area contributed by atoms with Gasteiger partial charge >= 0.3 is 0 Å². The first-order valence-corrected chi connectivity index (χ1v) is 4.59. The molecule has 0 amide bonds. The van der Waals surface area contributed by atoms with E-state index in [0.29, 0.717) is 0 Å². The molecular weight excluding hydrogens is 134 g/mol. The standard InChI is InChI=1S/C7H18B2N2/c1-11(9)7-5-3-2-4-6(7)10-8/h6-7,10H,2-5,8-9H2,1H3. The SMILES string of the molecule is BNC1CCCCC1N(B)C. The summed E-state index contributed by atoms with van der Waals surface area (Å²) in [5.74, 6) is 0. The molecule has 1 aliphatic rings. The normalized spacial score (nSPS) is 32.5. The Morgan fingerprint density at radius 3 is 2.45 bits per heavy atom. The van der Waals surface area contributed by atoms with Gasteiger partial charge in [0.05, 0.1) is 0 Å². The van der Waals surface area contributed by atoms with Crippen LogP contribution >= 0.6 is 0 Å². The number of rotatable bonds is 2. The molecule has 0 aromatic rings. The maximum atomic E-state index is 3.39. The van der Waals surface area contributed by atoms with Crippen LogP contribution in [-0.2, 0) is 0 Å². The van der Waals surface area contributed by atoms with Crippen molar-refractivity contribution in [1.29, 1.82) is 0 Å². The van der Waals surface area contributed by atoms with E-state index in [9.17, 15) is 0 Å². The number of likely N-dealkylation sites (N-methyl/N-ethyl adjacent to an activating group) is 1. The first-order chi connectivity index (χ1) is 5.25. The fraction of sp³-hybridized carbons (Fsp3) is 1.00. The lowest BCUT2D eigenvalue weighted by Crippen LogP contribution is -2.48. The van der Waals surface area contributed by atoms with Crippen molar-refractivity contribution in [2.75, 3.05) is 7.05 Å². The third-order valence-electron chi connectivity index (χ3n) is 2.76. The van der Waals surface area contributed by atoms with Gasteiger partial charge in [-0.05, 0) is 19.9 Å². The summed E-state index contributed by atoms with van der Waals surface area (Å²) < 4.78 is 0. The first-order valence-electron chi connectivity index (χ1n) is 4.59. The van der Waals surface area contributed by atoms with Crippen LogP contribution in [0.3, 0.4) is 0 Å². The van der Waals surface area contributed by atoms with Gasteiger partial charge in [-0.15, -0.1) is 0 Å². The molecule has 0 heterocycles. The topological polar surface area (TPSA) is 15.3 Å².